The number of thioether (sulfide) groups is 1. The monoisotopic (exact) mass is 669 g/mol. The number of aromatic carboxylic acids is 1. The number of aliphatic hydroxyl groups is 1. The van der Waals surface area contributed by atoms with Crippen LogP contribution in [-0.2, 0) is 25.7 Å². The summed E-state index contributed by atoms with van der Waals surface area (Å²) in [4.78, 5) is 37.2. The Morgan fingerprint density at radius 1 is 0.812 bits per heavy atom. The van der Waals surface area contributed by atoms with Crippen LogP contribution in [-0.4, -0.2) is 39.9 Å². The van der Waals surface area contributed by atoms with Crippen LogP contribution in [0.5, 0.6) is 0 Å². The average molecular weight is 670 g/mol. The van der Waals surface area contributed by atoms with Gasteiger partial charge in [-0.05, 0) is 72.5 Å². The molecule has 48 heavy (non-hydrogen) atoms. The van der Waals surface area contributed by atoms with Gasteiger partial charge in [-0.3, -0.25) is 9.59 Å². The van der Waals surface area contributed by atoms with E-state index in [1.165, 1.54) is 0 Å². The quantitative estimate of drug-likeness (QED) is 0.0545. The molecule has 0 saturated carbocycles. The van der Waals surface area contributed by atoms with Crippen LogP contribution in [0.15, 0.2) is 102 Å². The fraction of sp³-hybridized carbons (Fsp3) is 0.270. The number of hydrogen-bond acceptors (Lipinski definition) is 8. The third-order valence-electron chi connectivity index (χ3n) is 7.89. The number of nitrogen functional groups attached to an aromatic ring is 1. The third-order valence-corrected chi connectivity index (χ3v) is 9.03. The fourth-order valence-electron chi connectivity index (χ4n) is 5.29. The Kier molecular flexibility index (Phi) is 12.2. The van der Waals surface area contributed by atoms with Crippen molar-refractivity contribution in [1.82, 2.24) is 0 Å². The van der Waals surface area contributed by atoms with Gasteiger partial charge < -0.3 is 36.1 Å². The standard InChI is InChI=1S/C37H39N3O7S/c38-31-8-1-2-9-32(31)40-35(43)11-4-3-10-34(42)39-28-7-5-6-27(20-28)37-46-29(23-48-30-18-16-26(17-19-30)36(44)45)21-33(47-37)25-14-12-24(22-41)13-15-25/h1-2,5-9,12-20,29,33,37,41H,3-4,10-11,21-23,38H2,(H,39,42)(H,40,43)(H,44,45)/t29-,33+,37+/m1/s1. The number of rotatable bonds is 14. The predicted octanol–water partition coefficient (Wildman–Crippen LogP) is 6.93. The molecule has 250 valence electrons. The van der Waals surface area contributed by atoms with Crippen molar-refractivity contribution in [3.05, 3.63) is 119 Å². The summed E-state index contributed by atoms with van der Waals surface area (Å²) >= 11 is 1.58. The fourth-order valence-corrected chi connectivity index (χ4v) is 6.21. The number of anilines is 3. The van der Waals surface area contributed by atoms with Gasteiger partial charge in [-0.25, -0.2) is 4.79 Å². The Morgan fingerprint density at radius 2 is 1.52 bits per heavy atom. The van der Waals surface area contributed by atoms with Crippen LogP contribution in [0.1, 0.15) is 71.5 Å². The molecule has 1 aliphatic rings. The Hall–Kier alpha value is -4.68. The van der Waals surface area contributed by atoms with Gasteiger partial charge in [0.2, 0.25) is 11.8 Å². The lowest BCUT2D eigenvalue weighted by Gasteiger charge is -2.36. The van der Waals surface area contributed by atoms with E-state index >= 15 is 0 Å². The number of hydrogen-bond donors (Lipinski definition) is 5. The van der Waals surface area contributed by atoms with E-state index in [0.29, 0.717) is 42.1 Å². The minimum Gasteiger partial charge on any atom is -0.478 e. The minimum absolute atomic E-state index is 0.0465. The highest BCUT2D eigenvalue weighted by atomic mass is 32.2. The zero-order chi connectivity index (χ0) is 33.9. The summed E-state index contributed by atoms with van der Waals surface area (Å²) in [6.45, 7) is -0.0465. The van der Waals surface area contributed by atoms with Crippen LogP contribution < -0.4 is 16.4 Å². The maximum Gasteiger partial charge on any atom is 0.335 e. The van der Waals surface area contributed by atoms with E-state index in [1.807, 2.05) is 42.5 Å². The second-order valence-electron chi connectivity index (χ2n) is 11.5. The molecule has 1 aliphatic heterocycles. The normalized spacial score (nSPS) is 17.4. The van der Waals surface area contributed by atoms with Crippen molar-refractivity contribution in [3.8, 4) is 0 Å². The van der Waals surface area contributed by atoms with Crippen LogP contribution in [0.3, 0.4) is 0 Å². The van der Waals surface area contributed by atoms with Crippen molar-refractivity contribution in [3.63, 3.8) is 0 Å². The zero-order valence-electron chi connectivity index (χ0n) is 26.3. The minimum atomic E-state index is -0.967. The van der Waals surface area contributed by atoms with Gasteiger partial charge in [-0.1, -0.05) is 48.5 Å². The molecule has 5 rings (SSSR count). The van der Waals surface area contributed by atoms with Crippen molar-refractivity contribution in [2.75, 3.05) is 22.1 Å². The number of nitrogens with two attached hydrogens (primary N) is 1. The summed E-state index contributed by atoms with van der Waals surface area (Å²) in [5.41, 5.74) is 10.3. The van der Waals surface area contributed by atoms with Crippen molar-refractivity contribution in [2.45, 2.75) is 62.1 Å². The molecule has 2 amide bonds. The van der Waals surface area contributed by atoms with Crippen LogP contribution >= 0.6 is 11.8 Å². The van der Waals surface area contributed by atoms with E-state index in [-0.39, 0.29) is 49.0 Å². The van der Waals surface area contributed by atoms with E-state index in [1.54, 1.807) is 66.4 Å². The Balaban J connectivity index is 1.18. The van der Waals surface area contributed by atoms with Crippen LogP contribution in [0.25, 0.3) is 0 Å². The van der Waals surface area contributed by atoms with E-state index in [4.69, 9.17) is 15.2 Å². The number of ether oxygens (including phenoxy) is 2. The second kappa shape index (κ2) is 16.9. The summed E-state index contributed by atoms with van der Waals surface area (Å²) in [5, 5.41) is 24.4. The number of amides is 2. The number of carbonyl (C=O) groups excluding carboxylic acids is 2. The maximum absolute atomic E-state index is 12.8. The zero-order valence-corrected chi connectivity index (χ0v) is 27.2. The molecule has 11 heteroatoms. The lowest BCUT2D eigenvalue weighted by atomic mass is 10.0. The molecule has 0 spiro atoms. The second-order valence-corrected chi connectivity index (χ2v) is 12.6. The van der Waals surface area contributed by atoms with Gasteiger partial charge in [0.1, 0.15) is 0 Å². The smallest absolute Gasteiger partial charge is 0.335 e. The summed E-state index contributed by atoms with van der Waals surface area (Å²) in [6, 6.07) is 28.9. The maximum atomic E-state index is 12.8. The number of carbonyl (C=O) groups is 3. The molecule has 0 radical (unpaired) electrons. The van der Waals surface area contributed by atoms with Gasteiger partial charge >= 0.3 is 5.97 Å². The van der Waals surface area contributed by atoms with Gasteiger partial charge in [0.15, 0.2) is 6.29 Å². The lowest BCUT2D eigenvalue weighted by Crippen LogP contribution is -2.31. The molecule has 1 saturated heterocycles. The molecule has 1 fully saturated rings. The van der Waals surface area contributed by atoms with Crippen LogP contribution in [0, 0.1) is 0 Å². The predicted molar refractivity (Wildman–Crippen MR) is 186 cm³/mol. The first-order valence-electron chi connectivity index (χ1n) is 15.8. The molecule has 0 unspecified atom stereocenters. The molecular formula is C37H39N3O7S. The van der Waals surface area contributed by atoms with Gasteiger partial charge in [0.05, 0.1) is 35.8 Å². The number of carboxylic acid groups (broad SMARTS) is 1. The Bertz CT molecular complexity index is 1700. The summed E-state index contributed by atoms with van der Waals surface area (Å²) in [6.07, 6.45) is 1.09. The highest BCUT2D eigenvalue weighted by Crippen LogP contribution is 2.40. The van der Waals surface area contributed by atoms with Crippen LogP contribution in [0.2, 0.25) is 0 Å². The van der Waals surface area contributed by atoms with Crippen molar-refractivity contribution in [2.24, 2.45) is 0 Å². The molecule has 0 bridgehead atoms. The first-order valence-corrected chi connectivity index (χ1v) is 16.8. The van der Waals surface area contributed by atoms with Gasteiger partial charge in [0, 0.05) is 41.2 Å². The Morgan fingerprint density at radius 3 is 2.21 bits per heavy atom. The molecular weight excluding hydrogens is 630 g/mol. The Labute approximate surface area is 283 Å². The summed E-state index contributed by atoms with van der Waals surface area (Å²) in [7, 11) is 0. The molecule has 0 aliphatic carbocycles. The van der Waals surface area contributed by atoms with Crippen molar-refractivity contribution >= 4 is 46.6 Å². The number of para-hydroxylation sites is 2. The van der Waals surface area contributed by atoms with Gasteiger partial charge in [-0.2, -0.15) is 0 Å². The van der Waals surface area contributed by atoms with Crippen LogP contribution in [0.4, 0.5) is 17.1 Å². The number of unbranched alkanes of at least 4 members (excludes halogenated alkanes) is 1. The molecule has 6 N–H and O–H groups in total. The first kappa shape index (κ1) is 34.6. The number of carboxylic acids is 1. The number of benzene rings is 4. The lowest BCUT2D eigenvalue weighted by molar-refractivity contribution is -0.245. The number of aliphatic hydroxyl groups excluding tert-OH is 1. The molecule has 10 nitrogen and oxygen atoms in total. The summed E-state index contributed by atoms with van der Waals surface area (Å²) in [5.74, 6) is -0.658. The molecule has 4 aromatic rings. The molecule has 3 atom stereocenters. The van der Waals surface area contributed by atoms with E-state index in [0.717, 1.165) is 21.6 Å². The van der Waals surface area contributed by atoms with Crippen molar-refractivity contribution < 1.29 is 34.1 Å². The highest BCUT2D eigenvalue weighted by molar-refractivity contribution is 7.99. The third kappa shape index (κ3) is 9.91. The topological polar surface area (TPSA) is 160 Å². The van der Waals surface area contributed by atoms with E-state index in [2.05, 4.69) is 10.6 Å². The molecule has 0 aromatic heterocycles. The number of nitrogens with one attached hydrogen (secondary N) is 2. The SMILES string of the molecule is Nc1ccccc1NC(=O)CCCCC(=O)Nc1cccc([C@H]2O[C@@H](CSc3ccc(C(=O)O)cc3)C[C@@H](c3ccc(CO)cc3)O2)c1. The summed E-state index contributed by atoms with van der Waals surface area (Å²) < 4.78 is 12.9. The first-order chi connectivity index (χ1) is 23.3. The van der Waals surface area contributed by atoms with E-state index in [9.17, 15) is 24.6 Å². The van der Waals surface area contributed by atoms with Gasteiger partial charge in [0.25, 0.3) is 0 Å². The average Bonchev–Trinajstić information content (AvgIpc) is 3.10. The van der Waals surface area contributed by atoms with Crippen molar-refractivity contribution in [1.29, 1.82) is 0 Å². The largest absolute Gasteiger partial charge is 0.478 e. The molecule has 1 heterocycles. The van der Waals surface area contributed by atoms with Gasteiger partial charge in [-0.15, -0.1) is 11.8 Å². The molecule has 4 aromatic carbocycles. The highest BCUT2D eigenvalue weighted by Gasteiger charge is 2.32. The van der Waals surface area contributed by atoms with E-state index < -0.39 is 12.3 Å².